The summed E-state index contributed by atoms with van der Waals surface area (Å²) in [5.41, 5.74) is 2.39. The summed E-state index contributed by atoms with van der Waals surface area (Å²) in [6.45, 7) is 0. The highest BCUT2D eigenvalue weighted by Gasteiger charge is 2.41. The molecule has 9 nitrogen and oxygen atoms in total. The van der Waals surface area contributed by atoms with Crippen LogP contribution in [0.5, 0.6) is 0 Å². The predicted octanol–water partition coefficient (Wildman–Crippen LogP) is -0.748. The van der Waals surface area contributed by atoms with Crippen LogP contribution in [-0.4, -0.2) is 69.7 Å². The van der Waals surface area contributed by atoms with Crippen molar-refractivity contribution in [2.24, 2.45) is 0 Å². The van der Waals surface area contributed by atoms with E-state index in [1.54, 1.807) is 6.07 Å². The number of aryl methyl sites for hydroxylation is 2. The third-order valence-electron chi connectivity index (χ3n) is 4.88. The smallest absolute Gasteiger partial charge is 0.279 e. The lowest BCUT2D eigenvalue weighted by Crippen LogP contribution is -2.53. The Morgan fingerprint density at radius 3 is 2.56 bits per heavy atom. The largest absolute Gasteiger partial charge is 0.347 e. The topological polar surface area (TPSA) is 126 Å². The Hall–Kier alpha value is -1.56. The van der Waals surface area contributed by atoms with Crippen LogP contribution in [0.25, 0.3) is 0 Å². The fraction of sp³-hybridized carbons (Fsp3) is 0.625. The van der Waals surface area contributed by atoms with Crippen LogP contribution >= 0.6 is 0 Å². The quantitative estimate of drug-likeness (QED) is 0.651. The number of nitrogens with one attached hydrogen (secondary N) is 2. The molecule has 3 rings (SSSR count). The van der Waals surface area contributed by atoms with Gasteiger partial charge in [0.15, 0.2) is 9.84 Å². The molecule has 0 aromatic carbocycles. The molecular weight excluding hydrogens is 392 g/mol. The number of pyridine rings is 1. The van der Waals surface area contributed by atoms with E-state index in [1.807, 2.05) is 0 Å². The molecule has 1 fully saturated rings. The van der Waals surface area contributed by atoms with Crippen molar-refractivity contribution in [1.29, 1.82) is 0 Å². The van der Waals surface area contributed by atoms with Gasteiger partial charge < -0.3 is 5.32 Å². The SMILES string of the molecule is CN(C)S(=O)(=O)N[C@@H]1CS(=O)(=O)C[C@H]1NC(=O)c1cnc2c(c1)CCCC2. The lowest BCUT2D eigenvalue weighted by Gasteiger charge is -2.23. The average molecular weight is 417 g/mol. The van der Waals surface area contributed by atoms with Crippen LogP contribution in [0.2, 0.25) is 0 Å². The molecule has 150 valence electrons. The number of hydrogen-bond acceptors (Lipinski definition) is 6. The number of carbonyl (C=O) groups excluding carboxylic acids is 1. The Kier molecular flexibility index (Phi) is 5.57. The van der Waals surface area contributed by atoms with Gasteiger partial charge in [-0.3, -0.25) is 9.78 Å². The van der Waals surface area contributed by atoms with Gasteiger partial charge in [0.2, 0.25) is 0 Å². The normalized spacial score (nSPS) is 24.6. The second kappa shape index (κ2) is 7.46. The molecular formula is C16H24N4O5S2. The van der Waals surface area contributed by atoms with E-state index in [2.05, 4.69) is 15.0 Å². The van der Waals surface area contributed by atoms with E-state index in [0.717, 1.165) is 41.2 Å². The van der Waals surface area contributed by atoms with Crippen molar-refractivity contribution in [1.82, 2.24) is 19.3 Å². The van der Waals surface area contributed by atoms with Crippen molar-refractivity contribution in [3.63, 3.8) is 0 Å². The predicted molar refractivity (Wildman–Crippen MR) is 100 cm³/mol. The Morgan fingerprint density at radius 1 is 1.19 bits per heavy atom. The summed E-state index contributed by atoms with van der Waals surface area (Å²) in [6.07, 6.45) is 5.38. The fourth-order valence-corrected chi connectivity index (χ4v) is 6.17. The molecule has 27 heavy (non-hydrogen) atoms. The van der Waals surface area contributed by atoms with Crippen molar-refractivity contribution in [3.05, 3.63) is 29.1 Å². The molecule has 1 aromatic heterocycles. The molecule has 1 saturated heterocycles. The number of carbonyl (C=O) groups is 1. The van der Waals surface area contributed by atoms with Gasteiger partial charge in [0, 0.05) is 26.0 Å². The maximum absolute atomic E-state index is 12.6. The molecule has 1 aliphatic heterocycles. The summed E-state index contributed by atoms with van der Waals surface area (Å²) in [6, 6.07) is 0.0319. The monoisotopic (exact) mass is 416 g/mol. The minimum absolute atomic E-state index is 0.308. The van der Waals surface area contributed by atoms with E-state index in [-0.39, 0.29) is 11.5 Å². The molecule has 11 heteroatoms. The molecule has 1 amide bonds. The average Bonchev–Trinajstić information content (AvgIpc) is 2.86. The summed E-state index contributed by atoms with van der Waals surface area (Å²) >= 11 is 0. The Labute approximate surface area is 159 Å². The highest BCUT2D eigenvalue weighted by Crippen LogP contribution is 2.20. The van der Waals surface area contributed by atoms with Crippen LogP contribution in [0.4, 0.5) is 0 Å². The van der Waals surface area contributed by atoms with Crippen molar-refractivity contribution < 1.29 is 21.6 Å². The van der Waals surface area contributed by atoms with Gasteiger partial charge in [-0.15, -0.1) is 0 Å². The molecule has 0 unspecified atom stereocenters. The third-order valence-corrected chi connectivity index (χ3v) is 8.18. The minimum Gasteiger partial charge on any atom is -0.347 e. The Balaban J connectivity index is 1.77. The van der Waals surface area contributed by atoms with E-state index < -0.39 is 38.0 Å². The molecule has 2 heterocycles. The number of sulfone groups is 1. The first-order valence-corrected chi connectivity index (χ1v) is 12.0. The van der Waals surface area contributed by atoms with Crippen LogP contribution < -0.4 is 10.0 Å². The van der Waals surface area contributed by atoms with Crippen molar-refractivity contribution >= 4 is 26.0 Å². The van der Waals surface area contributed by atoms with Gasteiger partial charge in [-0.2, -0.15) is 17.4 Å². The zero-order valence-electron chi connectivity index (χ0n) is 15.3. The molecule has 0 bridgehead atoms. The molecule has 0 saturated carbocycles. The molecule has 2 aliphatic rings. The van der Waals surface area contributed by atoms with Gasteiger partial charge in [0.05, 0.1) is 29.2 Å². The number of rotatable bonds is 5. The maximum atomic E-state index is 12.6. The van der Waals surface area contributed by atoms with E-state index >= 15 is 0 Å². The lowest BCUT2D eigenvalue weighted by molar-refractivity contribution is 0.0936. The van der Waals surface area contributed by atoms with E-state index in [0.29, 0.717) is 5.56 Å². The second-order valence-electron chi connectivity index (χ2n) is 7.21. The molecule has 0 radical (unpaired) electrons. The van der Waals surface area contributed by atoms with Crippen molar-refractivity contribution in [3.8, 4) is 0 Å². The summed E-state index contributed by atoms with van der Waals surface area (Å²) in [5, 5.41) is 2.67. The van der Waals surface area contributed by atoms with Gasteiger partial charge in [-0.1, -0.05) is 0 Å². The first kappa shape index (κ1) is 20.2. The zero-order chi connectivity index (χ0) is 19.8. The van der Waals surface area contributed by atoms with Gasteiger partial charge in [0.25, 0.3) is 16.1 Å². The standard InChI is InChI=1S/C16H24N4O5S2/c1-20(2)27(24,25)19-15-10-26(22,23)9-14(15)18-16(21)12-7-11-5-3-4-6-13(11)17-8-12/h7-8,14-15,19H,3-6,9-10H2,1-2H3,(H,18,21)/t14-,15-/m1/s1. The first-order chi connectivity index (χ1) is 12.6. The van der Waals surface area contributed by atoms with Crippen LogP contribution in [0, 0.1) is 0 Å². The Morgan fingerprint density at radius 2 is 1.85 bits per heavy atom. The van der Waals surface area contributed by atoms with E-state index in [4.69, 9.17) is 0 Å². The maximum Gasteiger partial charge on any atom is 0.279 e. The number of fused-ring (bicyclic) bond motifs is 1. The molecule has 2 N–H and O–H groups in total. The number of aromatic nitrogens is 1. The summed E-state index contributed by atoms with van der Waals surface area (Å²) in [7, 11) is -4.59. The van der Waals surface area contributed by atoms with Gasteiger partial charge in [-0.05, 0) is 37.3 Å². The van der Waals surface area contributed by atoms with Gasteiger partial charge >= 0.3 is 0 Å². The highest BCUT2D eigenvalue weighted by atomic mass is 32.2. The van der Waals surface area contributed by atoms with Gasteiger partial charge in [0.1, 0.15) is 0 Å². The van der Waals surface area contributed by atoms with Gasteiger partial charge in [-0.25, -0.2) is 8.42 Å². The summed E-state index contributed by atoms with van der Waals surface area (Å²) < 4.78 is 51.4. The van der Waals surface area contributed by atoms with Crippen molar-refractivity contribution in [2.45, 2.75) is 37.8 Å². The molecule has 0 spiro atoms. The van der Waals surface area contributed by atoms with Crippen LogP contribution in [-0.2, 0) is 32.9 Å². The summed E-state index contributed by atoms with van der Waals surface area (Å²) in [4.78, 5) is 17.0. The van der Waals surface area contributed by atoms with E-state index in [9.17, 15) is 21.6 Å². The van der Waals surface area contributed by atoms with E-state index in [1.165, 1.54) is 20.3 Å². The van der Waals surface area contributed by atoms with Crippen molar-refractivity contribution in [2.75, 3.05) is 25.6 Å². The Bertz CT molecular complexity index is 944. The van der Waals surface area contributed by atoms with Crippen LogP contribution in [0.3, 0.4) is 0 Å². The minimum atomic E-state index is -3.82. The number of amides is 1. The first-order valence-electron chi connectivity index (χ1n) is 8.76. The third kappa shape index (κ3) is 4.65. The number of nitrogens with zero attached hydrogens (tertiary/aromatic N) is 2. The molecule has 2 atom stereocenters. The lowest BCUT2D eigenvalue weighted by atomic mass is 9.95. The fourth-order valence-electron chi connectivity index (χ4n) is 3.37. The molecule has 1 aromatic rings. The second-order valence-corrected chi connectivity index (χ2v) is 11.3. The molecule has 1 aliphatic carbocycles. The highest BCUT2D eigenvalue weighted by molar-refractivity contribution is 7.92. The number of hydrogen-bond donors (Lipinski definition) is 2. The van der Waals surface area contributed by atoms with Crippen LogP contribution in [0.1, 0.15) is 34.5 Å². The zero-order valence-corrected chi connectivity index (χ0v) is 16.9. The van der Waals surface area contributed by atoms with Crippen LogP contribution in [0.15, 0.2) is 12.3 Å². The summed E-state index contributed by atoms with van der Waals surface area (Å²) in [5.74, 6) is -1.11.